The average molecular weight is 200 g/mol. The molecule has 0 fully saturated rings. The summed E-state index contributed by atoms with van der Waals surface area (Å²) < 4.78 is 5.93. The molecule has 0 aliphatic carbocycles. The molecule has 0 spiro atoms. The first-order valence-electron chi connectivity index (χ1n) is 5.05. The van der Waals surface area contributed by atoms with Crippen molar-refractivity contribution in [2.45, 2.75) is 19.8 Å². The van der Waals surface area contributed by atoms with Gasteiger partial charge in [0, 0.05) is 6.08 Å². The minimum atomic E-state index is -0.238. The molecule has 0 aromatic carbocycles. The van der Waals surface area contributed by atoms with Gasteiger partial charge in [0.05, 0.1) is 34.3 Å². The summed E-state index contributed by atoms with van der Waals surface area (Å²) in [5.41, 5.74) is 0. The summed E-state index contributed by atoms with van der Waals surface area (Å²) in [7, 11) is 6.48. The Balaban J connectivity index is 3.35. The first-order valence-corrected chi connectivity index (χ1v) is 5.05. The first-order chi connectivity index (χ1) is 6.45. The fraction of sp³-hybridized carbons (Fsp3) is 0.727. The van der Waals surface area contributed by atoms with Gasteiger partial charge in [-0.05, 0) is 19.8 Å². The van der Waals surface area contributed by atoms with Gasteiger partial charge in [-0.15, -0.1) is 0 Å². The highest BCUT2D eigenvalue weighted by molar-refractivity contribution is 5.81. The van der Waals surface area contributed by atoms with E-state index >= 15 is 0 Å². The predicted octanol–water partition coefficient (Wildman–Crippen LogP) is 1.59. The highest BCUT2D eigenvalue weighted by Crippen LogP contribution is 1.98. The van der Waals surface area contributed by atoms with Crippen LogP contribution in [0.2, 0.25) is 0 Å². The number of carbonyl (C=O) groups excluding carboxylic acids is 1. The Morgan fingerprint density at radius 1 is 1.29 bits per heavy atom. The van der Waals surface area contributed by atoms with Gasteiger partial charge in [0.15, 0.2) is 0 Å². The molecule has 0 aromatic heterocycles. The second kappa shape index (κ2) is 6.60. The fourth-order valence-corrected chi connectivity index (χ4v) is 1.05. The van der Waals surface area contributed by atoms with Crippen molar-refractivity contribution in [3.8, 4) is 0 Å². The van der Waals surface area contributed by atoms with E-state index in [1.807, 2.05) is 0 Å². The lowest BCUT2D eigenvalue weighted by Gasteiger charge is -2.23. The van der Waals surface area contributed by atoms with Crippen molar-refractivity contribution in [2.24, 2.45) is 0 Å². The molecule has 0 aromatic rings. The van der Waals surface area contributed by atoms with E-state index in [1.165, 1.54) is 6.08 Å². The Hall–Kier alpha value is -0.830. The maximum absolute atomic E-state index is 10.9. The highest BCUT2D eigenvalue weighted by Gasteiger charge is 2.05. The molecule has 3 heteroatoms. The quantitative estimate of drug-likeness (QED) is 0.282. The van der Waals surface area contributed by atoms with Gasteiger partial charge in [-0.25, -0.2) is 4.79 Å². The van der Waals surface area contributed by atoms with Crippen LogP contribution in [0, 0.1) is 0 Å². The van der Waals surface area contributed by atoms with Crippen LogP contribution in [0.3, 0.4) is 0 Å². The number of unbranched alkanes of at least 4 members (excludes halogenated alkanes) is 1. The number of quaternary nitrogens is 1. The molecule has 3 nitrogen and oxygen atoms in total. The number of nitrogens with zero attached hydrogens (tertiary/aromatic N) is 1. The first kappa shape index (κ1) is 13.2. The third kappa shape index (κ3) is 9.26. The van der Waals surface area contributed by atoms with Crippen molar-refractivity contribution in [1.29, 1.82) is 0 Å². The minimum Gasteiger partial charge on any atom is -0.463 e. The van der Waals surface area contributed by atoms with E-state index in [2.05, 4.69) is 21.1 Å². The van der Waals surface area contributed by atoms with Gasteiger partial charge < -0.3 is 9.22 Å². The third-order valence-electron chi connectivity index (χ3n) is 1.77. The summed E-state index contributed by atoms with van der Waals surface area (Å²) in [6, 6.07) is 0. The summed E-state index contributed by atoms with van der Waals surface area (Å²) in [4.78, 5) is 10.9. The number of carbonyl (C=O) groups is 1. The van der Waals surface area contributed by atoms with Crippen molar-refractivity contribution in [3.63, 3.8) is 0 Å². The second-order valence-corrected chi connectivity index (χ2v) is 4.39. The number of esters is 1. The monoisotopic (exact) mass is 200 g/mol. The molecule has 0 unspecified atom stereocenters. The lowest BCUT2D eigenvalue weighted by molar-refractivity contribution is -0.870. The second-order valence-electron chi connectivity index (χ2n) is 4.39. The van der Waals surface area contributed by atoms with Gasteiger partial charge >= 0.3 is 5.97 Å². The summed E-state index contributed by atoms with van der Waals surface area (Å²) in [6.45, 7) is 3.45. The minimum absolute atomic E-state index is 0.238. The van der Waals surface area contributed by atoms with Crippen molar-refractivity contribution in [2.75, 3.05) is 34.3 Å². The molecule has 0 saturated heterocycles. The summed E-state index contributed by atoms with van der Waals surface area (Å²) in [5.74, 6) is -0.238. The number of hydrogen-bond acceptors (Lipinski definition) is 2. The summed E-state index contributed by atoms with van der Waals surface area (Å²) in [6.07, 6.45) is 5.17. The van der Waals surface area contributed by atoms with Gasteiger partial charge in [0.2, 0.25) is 0 Å². The summed E-state index contributed by atoms with van der Waals surface area (Å²) >= 11 is 0. The largest absolute Gasteiger partial charge is 0.463 e. The fourth-order valence-electron chi connectivity index (χ4n) is 1.05. The number of ether oxygens (including phenoxy) is 1. The maximum Gasteiger partial charge on any atom is 0.330 e. The van der Waals surface area contributed by atoms with E-state index in [0.717, 1.165) is 23.9 Å². The van der Waals surface area contributed by atoms with Crippen molar-refractivity contribution in [1.82, 2.24) is 0 Å². The normalized spacial score (nSPS) is 12.0. The zero-order valence-electron chi connectivity index (χ0n) is 9.75. The predicted molar refractivity (Wildman–Crippen MR) is 57.9 cm³/mol. The molecule has 0 rings (SSSR count). The number of hydrogen-bond donors (Lipinski definition) is 0. The number of rotatable bonds is 6. The molecule has 0 amide bonds. The standard InChI is InChI=1S/C11H22NO2/c1-5-8-11(13)14-10-7-6-9-12(2,3)4/h5,8H,6-7,9-10H2,1-4H3/q+1. The summed E-state index contributed by atoms with van der Waals surface area (Å²) in [5, 5.41) is 0. The molecule has 0 atom stereocenters. The Labute approximate surface area is 86.9 Å². The number of allylic oxidation sites excluding steroid dienone is 1. The van der Waals surface area contributed by atoms with E-state index in [-0.39, 0.29) is 5.97 Å². The lowest BCUT2D eigenvalue weighted by Crippen LogP contribution is -2.35. The Bertz CT molecular complexity index is 192. The Morgan fingerprint density at radius 2 is 1.93 bits per heavy atom. The smallest absolute Gasteiger partial charge is 0.330 e. The third-order valence-corrected chi connectivity index (χ3v) is 1.77. The molecule has 0 saturated carbocycles. The SMILES string of the molecule is CC=CC(=O)OCCCC[N+](C)(C)C. The molecular formula is C11H22NO2+. The molecule has 0 N–H and O–H groups in total. The van der Waals surface area contributed by atoms with Gasteiger partial charge in [-0.2, -0.15) is 0 Å². The highest BCUT2D eigenvalue weighted by atomic mass is 16.5. The van der Waals surface area contributed by atoms with Crippen LogP contribution in [-0.4, -0.2) is 44.7 Å². The van der Waals surface area contributed by atoms with E-state index in [9.17, 15) is 4.79 Å². The van der Waals surface area contributed by atoms with E-state index in [1.54, 1.807) is 13.0 Å². The molecular weight excluding hydrogens is 178 g/mol. The van der Waals surface area contributed by atoms with Crippen LogP contribution in [0.4, 0.5) is 0 Å². The van der Waals surface area contributed by atoms with Crippen LogP contribution in [0.1, 0.15) is 19.8 Å². The van der Waals surface area contributed by atoms with Crippen LogP contribution in [-0.2, 0) is 9.53 Å². The van der Waals surface area contributed by atoms with Gasteiger partial charge in [0.25, 0.3) is 0 Å². The molecule has 0 aliphatic rings. The van der Waals surface area contributed by atoms with Crippen LogP contribution < -0.4 is 0 Å². The lowest BCUT2D eigenvalue weighted by atomic mass is 10.3. The van der Waals surface area contributed by atoms with Crippen molar-refractivity contribution in [3.05, 3.63) is 12.2 Å². The van der Waals surface area contributed by atoms with E-state index in [0.29, 0.717) is 6.61 Å². The average Bonchev–Trinajstić information content (AvgIpc) is 2.02. The van der Waals surface area contributed by atoms with Crippen molar-refractivity contribution < 1.29 is 14.0 Å². The van der Waals surface area contributed by atoms with E-state index < -0.39 is 0 Å². The zero-order valence-corrected chi connectivity index (χ0v) is 9.75. The maximum atomic E-state index is 10.9. The molecule has 14 heavy (non-hydrogen) atoms. The molecule has 0 aliphatic heterocycles. The Morgan fingerprint density at radius 3 is 2.43 bits per heavy atom. The molecule has 0 radical (unpaired) electrons. The van der Waals surface area contributed by atoms with Crippen LogP contribution in [0.25, 0.3) is 0 Å². The molecule has 82 valence electrons. The van der Waals surface area contributed by atoms with Gasteiger partial charge in [-0.3, -0.25) is 0 Å². The van der Waals surface area contributed by atoms with E-state index in [4.69, 9.17) is 4.74 Å². The van der Waals surface area contributed by atoms with Gasteiger partial charge in [0.1, 0.15) is 0 Å². The van der Waals surface area contributed by atoms with Crippen LogP contribution >= 0.6 is 0 Å². The Kier molecular flexibility index (Phi) is 6.21. The van der Waals surface area contributed by atoms with Crippen LogP contribution in [0.15, 0.2) is 12.2 Å². The van der Waals surface area contributed by atoms with Gasteiger partial charge in [-0.1, -0.05) is 6.08 Å². The van der Waals surface area contributed by atoms with Crippen LogP contribution in [0.5, 0.6) is 0 Å². The topological polar surface area (TPSA) is 26.3 Å². The zero-order chi connectivity index (χ0) is 11.0. The molecule has 0 bridgehead atoms. The molecule has 0 heterocycles. The van der Waals surface area contributed by atoms with Crippen molar-refractivity contribution >= 4 is 5.97 Å².